The van der Waals surface area contributed by atoms with E-state index < -0.39 is 21.0 Å². The Morgan fingerprint density at radius 3 is 2.60 bits per heavy atom. The van der Waals surface area contributed by atoms with Gasteiger partial charge in [0, 0.05) is 32.3 Å². The summed E-state index contributed by atoms with van der Waals surface area (Å²) in [6.07, 6.45) is 1.93. The lowest BCUT2D eigenvalue weighted by molar-refractivity contribution is -0.384. The van der Waals surface area contributed by atoms with Crippen LogP contribution >= 0.6 is 0 Å². The Morgan fingerprint density at radius 2 is 2.04 bits per heavy atom. The minimum atomic E-state index is -3.85. The van der Waals surface area contributed by atoms with Crippen LogP contribution in [0.25, 0.3) is 0 Å². The lowest BCUT2D eigenvalue weighted by Gasteiger charge is -2.31. The molecule has 1 atom stereocenters. The van der Waals surface area contributed by atoms with Crippen LogP contribution in [-0.2, 0) is 14.8 Å². The molecule has 1 fully saturated rings. The van der Waals surface area contributed by atoms with Gasteiger partial charge in [-0.25, -0.2) is 13.1 Å². The fourth-order valence-electron chi connectivity index (χ4n) is 2.95. The van der Waals surface area contributed by atoms with Crippen molar-refractivity contribution in [2.45, 2.75) is 37.6 Å². The molecule has 0 unspecified atom stereocenters. The number of benzene rings is 1. The first-order valence-electron chi connectivity index (χ1n) is 8.29. The summed E-state index contributed by atoms with van der Waals surface area (Å²) in [5.41, 5.74) is 0.289. The Bertz CT molecular complexity index is 714. The van der Waals surface area contributed by atoms with Gasteiger partial charge >= 0.3 is 0 Å². The average molecular weight is 371 g/mol. The molecule has 9 heteroatoms. The number of nitro benzene ring substituents is 1. The standard InChI is InChI=1S/C16H25N3O5S/c1-12-6-8-18(9-7-12)15-5-4-14(10-16(15)19(20)21)25(22,23)17-13(2)11-24-3/h4-5,10,12-13,17H,6-9,11H2,1-3H3/t13-/m0/s1. The van der Waals surface area contributed by atoms with Crippen molar-refractivity contribution in [2.24, 2.45) is 5.92 Å². The van der Waals surface area contributed by atoms with Crippen LogP contribution in [0.15, 0.2) is 23.1 Å². The Hall–Kier alpha value is -1.71. The summed E-state index contributed by atoms with van der Waals surface area (Å²) in [6.45, 7) is 5.51. The molecule has 0 bridgehead atoms. The molecule has 1 heterocycles. The Morgan fingerprint density at radius 1 is 1.40 bits per heavy atom. The number of nitrogens with zero attached hydrogens (tertiary/aromatic N) is 2. The van der Waals surface area contributed by atoms with Crippen molar-refractivity contribution in [3.8, 4) is 0 Å². The highest BCUT2D eigenvalue weighted by atomic mass is 32.2. The van der Waals surface area contributed by atoms with E-state index in [0.29, 0.717) is 11.6 Å². The zero-order valence-corrected chi connectivity index (χ0v) is 15.6. The second-order valence-corrected chi connectivity index (χ2v) is 8.27. The Kier molecular flexibility index (Phi) is 6.36. The maximum Gasteiger partial charge on any atom is 0.293 e. The fraction of sp³-hybridized carbons (Fsp3) is 0.625. The molecule has 0 amide bonds. The summed E-state index contributed by atoms with van der Waals surface area (Å²) in [6, 6.07) is 3.65. The summed E-state index contributed by atoms with van der Waals surface area (Å²) < 4.78 is 32.2. The number of nitro groups is 1. The third-order valence-electron chi connectivity index (χ3n) is 4.35. The number of piperidine rings is 1. The molecule has 0 aromatic heterocycles. The van der Waals surface area contributed by atoms with E-state index in [-0.39, 0.29) is 17.2 Å². The molecular formula is C16H25N3O5S. The monoisotopic (exact) mass is 371 g/mol. The highest BCUT2D eigenvalue weighted by Crippen LogP contribution is 2.33. The maximum absolute atomic E-state index is 12.4. The Labute approximate surface area is 148 Å². The fourth-order valence-corrected chi connectivity index (χ4v) is 4.20. The first-order chi connectivity index (χ1) is 11.7. The smallest absolute Gasteiger partial charge is 0.293 e. The number of hydrogen-bond donors (Lipinski definition) is 1. The van der Waals surface area contributed by atoms with Crippen LogP contribution in [0, 0.1) is 16.0 Å². The van der Waals surface area contributed by atoms with Crippen molar-refractivity contribution >= 4 is 21.4 Å². The van der Waals surface area contributed by atoms with Crippen molar-refractivity contribution < 1.29 is 18.1 Å². The van der Waals surface area contributed by atoms with E-state index in [1.165, 1.54) is 19.2 Å². The SMILES string of the molecule is COC[C@H](C)NS(=O)(=O)c1ccc(N2CCC(C)CC2)c([N+](=O)[O-])c1. The van der Waals surface area contributed by atoms with E-state index >= 15 is 0 Å². The molecule has 0 spiro atoms. The van der Waals surface area contributed by atoms with Gasteiger partial charge in [-0.3, -0.25) is 10.1 Å². The number of ether oxygens (including phenoxy) is 1. The van der Waals surface area contributed by atoms with E-state index in [9.17, 15) is 18.5 Å². The van der Waals surface area contributed by atoms with Crippen LogP contribution in [0.1, 0.15) is 26.7 Å². The van der Waals surface area contributed by atoms with Crippen molar-refractivity contribution in [3.05, 3.63) is 28.3 Å². The molecular weight excluding hydrogens is 346 g/mol. The lowest BCUT2D eigenvalue weighted by Crippen LogP contribution is -2.36. The normalized spacial score (nSPS) is 17.5. The molecule has 0 radical (unpaired) electrons. The van der Waals surface area contributed by atoms with Crippen LogP contribution in [0.3, 0.4) is 0 Å². The molecule has 1 aliphatic heterocycles. The predicted octanol–water partition coefficient (Wildman–Crippen LogP) is 2.14. The molecule has 0 aliphatic carbocycles. The molecule has 25 heavy (non-hydrogen) atoms. The van der Waals surface area contributed by atoms with Gasteiger partial charge in [-0.15, -0.1) is 0 Å². The first-order valence-corrected chi connectivity index (χ1v) is 9.77. The molecule has 1 aromatic rings. The van der Waals surface area contributed by atoms with Crippen molar-refractivity contribution in [1.29, 1.82) is 0 Å². The number of rotatable bonds is 7. The summed E-state index contributed by atoms with van der Waals surface area (Å²) in [5.74, 6) is 0.599. The van der Waals surface area contributed by atoms with Crippen LogP contribution in [0.2, 0.25) is 0 Å². The van der Waals surface area contributed by atoms with Gasteiger partial charge in [0.2, 0.25) is 10.0 Å². The van der Waals surface area contributed by atoms with E-state index in [1.54, 1.807) is 6.92 Å². The summed E-state index contributed by atoms with van der Waals surface area (Å²) >= 11 is 0. The molecule has 140 valence electrons. The van der Waals surface area contributed by atoms with Gasteiger partial charge < -0.3 is 9.64 Å². The number of nitrogens with one attached hydrogen (secondary N) is 1. The zero-order valence-electron chi connectivity index (χ0n) is 14.8. The van der Waals surface area contributed by atoms with E-state index in [2.05, 4.69) is 11.6 Å². The first kappa shape index (κ1) is 19.6. The highest BCUT2D eigenvalue weighted by molar-refractivity contribution is 7.89. The van der Waals surface area contributed by atoms with Crippen LogP contribution in [0.4, 0.5) is 11.4 Å². The lowest BCUT2D eigenvalue weighted by atomic mass is 9.98. The summed E-state index contributed by atoms with van der Waals surface area (Å²) in [4.78, 5) is 12.8. The van der Waals surface area contributed by atoms with E-state index in [4.69, 9.17) is 4.74 Å². The highest BCUT2D eigenvalue weighted by Gasteiger charge is 2.27. The molecule has 2 rings (SSSR count). The van der Waals surface area contributed by atoms with Crippen LogP contribution < -0.4 is 9.62 Å². The summed E-state index contributed by atoms with van der Waals surface area (Å²) in [7, 11) is -2.37. The Balaban J connectivity index is 2.31. The zero-order chi connectivity index (χ0) is 18.6. The van der Waals surface area contributed by atoms with Crippen LogP contribution in [0.5, 0.6) is 0 Å². The van der Waals surface area contributed by atoms with E-state index in [1.807, 2.05) is 4.90 Å². The molecule has 1 aliphatic rings. The third kappa shape index (κ3) is 4.90. The van der Waals surface area contributed by atoms with Crippen molar-refractivity contribution in [2.75, 3.05) is 31.7 Å². The van der Waals surface area contributed by atoms with Gasteiger partial charge in [-0.1, -0.05) is 6.92 Å². The second-order valence-electron chi connectivity index (χ2n) is 6.55. The topological polar surface area (TPSA) is 102 Å². The number of anilines is 1. The predicted molar refractivity (Wildman–Crippen MR) is 95.4 cm³/mol. The molecule has 1 aromatic carbocycles. The number of methoxy groups -OCH3 is 1. The average Bonchev–Trinajstić information content (AvgIpc) is 2.54. The van der Waals surface area contributed by atoms with Crippen molar-refractivity contribution in [3.63, 3.8) is 0 Å². The second kappa shape index (κ2) is 8.11. The minimum absolute atomic E-state index is 0.115. The third-order valence-corrected chi connectivity index (χ3v) is 5.94. The molecule has 1 N–H and O–H groups in total. The van der Waals surface area contributed by atoms with Gasteiger partial charge in [-0.2, -0.15) is 0 Å². The largest absolute Gasteiger partial charge is 0.383 e. The number of sulfonamides is 1. The van der Waals surface area contributed by atoms with Gasteiger partial charge in [0.15, 0.2) is 0 Å². The van der Waals surface area contributed by atoms with Crippen LogP contribution in [-0.4, -0.2) is 46.2 Å². The molecule has 1 saturated heterocycles. The minimum Gasteiger partial charge on any atom is -0.383 e. The van der Waals surface area contributed by atoms with Gasteiger partial charge in [-0.05, 0) is 37.8 Å². The number of hydrogen-bond acceptors (Lipinski definition) is 6. The molecule has 0 saturated carbocycles. The summed E-state index contributed by atoms with van der Waals surface area (Å²) in [5, 5.41) is 11.5. The van der Waals surface area contributed by atoms with Crippen molar-refractivity contribution in [1.82, 2.24) is 4.72 Å². The van der Waals surface area contributed by atoms with Gasteiger partial charge in [0.05, 0.1) is 16.4 Å². The van der Waals surface area contributed by atoms with Gasteiger partial charge in [0.1, 0.15) is 5.69 Å². The maximum atomic E-state index is 12.4. The van der Waals surface area contributed by atoms with E-state index in [0.717, 1.165) is 32.0 Å². The van der Waals surface area contributed by atoms with Gasteiger partial charge in [0.25, 0.3) is 5.69 Å². The quantitative estimate of drug-likeness (QED) is 0.582. The molecule has 8 nitrogen and oxygen atoms in total.